The zero-order valence-corrected chi connectivity index (χ0v) is 15.2. The first-order chi connectivity index (χ1) is 9.94. The molecule has 4 nitrogen and oxygen atoms in total. The Bertz CT molecular complexity index is 732. The Hall–Kier alpha value is -0.600. The van der Waals surface area contributed by atoms with Gasteiger partial charge in [0.1, 0.15) is 4.90 Å². The molecule has 0 bridgehead atoms. The van der Waals surface area contributed by atoms with Crippen LogP contribution in [0.1, 0.15) is 11.8 Å². The number of para-hydroxylation sites is 1. The molecule has 0 radical (unpaired) electrons. The maximum atomic E-state index is 12.4. The van der Waals surface area contributed by atoms with Crippen molar-refractivity contribution in [3.63, 3.8) is 0 Å². The zero-order valence-electron chi connectivity index (χ0n) is 11.2. The summed E-state index contributed by atoms with van der Waals surface area (Å²) in [4.78, 5) is 1.17. The number of hydrogen-bond acceptors (Lipinski definition) is 4. The molecule has 0 saturated heterocycles. The largest absolute Gasteiger partial charge is 0.312 e. The van der Waals surface area contributed by atoms with Gasteiger partial charge in [0.2, 0.25) is 0 Å². The Labute approximate surface area is 141 Å². The van der Waals surface area contributed by atoms with Crippen LogP contribution in [0.4, 0.5) is 5.69 Å². The maximum absolute atomic E-state index is 12.4. The van der Waals surface area contributed by atoms with Crippen LogP contribution in [0.15, 0.2) is 39.0 Å². The third kappa shape index (κ3) is 4.20. The Kier molecular flexibility index (Phi) is 5.67. The van der Waals surface area contributed by atoms with Crippen molar-refractivity contribution in [3.8, 4) is 0 Å². The molecule has 0 amide bonds. The number of rotatable bonds is 6. The SMILES string of the molecule is CCNCc1cc(S(=O)(=O)Nc2ccccc2Cl)c(Br)s1. The quantitative estimate of drug-likeness (QED) is 0.756. The molecule has 1 aromatic carbocycles. The number of anilines is 1. The highest BCUT2D eigenvalue weighted by atomic mass is 79.9. The first-order valence-electron chi connectivity index (χ1n) is 6.20. The third-order valence-electron chi connectivity index (χ3n) is 2.66. The van der Waals surface area contributed by atoms with E-state index < -0.39 is 10.0 Å². The molecule has 0 fully saturated rings. The molecule has 1 heterocycles. The summed E-state index contributed by atoms with van der Waals surface area (Å²) in [7, 11) is -3.67. The van der Waals surface area contributed by atoms with Gasteiger partial charge in [-0.05, 0) is 40.7 Å². The molecule has 8 heteroatoms. The molecule has 0 aliphatic heterocycles. The molecule has 2 N–H and O–H groups in total. The number of benzene rings is 1. The Balaban J connectivity index is 2.27. The average molecular weight is 410 g/mol. The van der Waals surface area contributed by atoms with E-state index >= 15 is 0 Å². The second-order valence-corrected chi connectivity index (χ2v) is 8.73. The Morgan fingerprint density at radius 3 is 2.71 bits per heavy atom. The van der Waals surface area contributed by atoms with Gasteiger partial charge in [-0.15, -0.1) is 11.3 Å². The van der Waals surface area contributed by atoms with Crippen molar-refractivity contribution in [3.05, 3.63) is 44.0 Å². The van der Waals surface area contributed by atoms with E-state index in [1.54, 1.807) is 30.3 Å². The van der Waals surface area contributed by atoms with Crippen molar-refractivity contribution >= 4 is 54.6 Å². The van der Waals surface area contributed by atoms with Gasteiger partial charge in [0.15, 0.2) is 0 Å². The number of halogens is 2. The lowest BCUT2D eigenvalue weighted by atomic mass is 10.3. The molecule has 0 saturated carbocycles. The molecule has 1 aromatic heterocycles. The van der Waals surface area contributed by atoms with Crippen molar-refractivity contribution in [1.29, 1.82) is 0 Å². The van der Waals surface area contributed by atoms with Crippen molar-refractivity contribution in [1.82, 2.24) is 5.32 Å². The zero-order chi connectivity index (χ0) is 15.5. The minimum atomic E-state index is -3.67. The minimum absolute atomic E-state index is 0.223. The summed E-state index contributed by atoms with van der Waals surface area (Å²) in [5.74, 6) is 0. The fourth-order valence-corrected chi connectivity index (χ4v) is 5.63. The number of hydrogen-bond donors (Lipinski definition) is 2. The Morgan fingerprint density at radius 1 is 1.33 bits per heavy atom. The van der Waals surface area contributed by atoms with Gasteiger partial charge < -0.3 is 5.32 Å². The summed E-state index contributed by atoms with van der Waals surface area (Å²) in [6.45, 7) is 3.47. The molecule has 2 rings (SSSR count). The summed E-state index contributed by atoms with van der Waals surface area (Å²) in [5, 5.41) is 3.53. The van der Waals surface area contributed by atoms with Crippen LogP contribution in [0, 0.1) is 0 Å². The molecular formula is C13H14BrClN2O2S2. The standard InChI is InChI=1S/C13H14BrClN2O2S2/c1-2-16-8-9-7-12(13(14)20-9)21(18,19)17-11-6-4-3-5-10(11)15/h3-7,16-17H,2,8H2,1H3. The van der Waals surface area contributed by atoms with Gasteiger partial charge in [-0.2, -0.15) is 0 Å². The summed E-state index contributed by atoms with van der Waals surface area (Å²) in [5.41, 5.74) is 0.366. The normalized spacial score (nSPS) is 11.6. The van der Waals surface area contributed by atoms with Crippen LogP contribution in [-0.4, -0.2) is 15.0 Å². The highest BCUT2D eigenvalue weighted by molar-refractivity contribution is 9.11. The fourth-order valence-electron chi connectivity index (χ4n) is 1.66. The van der Waals surface area contributed by atoms with E-state index in [1.165, 1.54) is 11.3 Å². The topological polar surface area (TPSA) is 58.2 Å². The molecule has 0 unspecified atom stereocenters. The minimum Gasteiger partial charge on any atom is -0.312 e. The summed E-state index contributed by atoms with van der Waals surface area (Å²) in [6.07, 6.45) is 0. The van der Waals surface area contributed by atoms with E-state index in [2.05, 4.69) is 26.0 Å². The second-order valence-electron chi connectivity index (χ2n) is 4.22. The lowest BCUT2D eigenvalue weighted by Crippen LogP contribution is -2.13. The highest BCUT2D eigenvalue weighted by Crippen LogP contribution is 2.33. The molecule has 0 aliphatic carbocycles. The van der Waals surface area contributed by atoms with Crippen molar-refractivity contribution < 1.29 is 8.42 Å². The highest BCUT2D eigenvalue weighted by Gasteiger charge is 2.21. The smallest absolute Gasteiger partial charge is 0.263 e. The molecule has 114 valence electrons. The van der Waals surface area contributed by atoms with Crippen molar-refractivity contribution in [2.24, 2.45) is 0 Å². The number of nitrogens with one attached hydrogen (secondary N) is 2. The van der Waals surface area contributed by atoms with Crippen LogP contribution in [0.3, 0.4) is 0 Å². The van der Waals surface area contributed by atoms with Crippen molar-refractivity contribution in [2.45, 2.75) is 18.4 Å². The summed E-state index contributed by atoms with van der Waals surface area (Å²) >= 11 is 10.7. The van der Waals surface area contributed by atoms with Crippen LogP contribution in [0.5, 0.6) is 0 Å². The van der Waals surface area contributed by atoms with E-state index in [4.69, 9.17) is 11.6 Å². The molecular weight excluding hydrogens is 396 g/mol. The Morgan fingerprint density at radius 2 is 2.05 bits per heavy atom. The molecule has 21 heavy (non-hydrogen) atoms. The second kappa shape index (κ2) is 7.11. The summed E-state index contributed by atoms with van der Waals surface area (Å²) in [6, 6.07) is 8.40. The number of thiophene rings is 1. The molecule has 0 spiro atoms. The monoisotopic (exact) mass is 408 g/mol. The number of sulfonamides is 1. The van der Waals surface area contributed by atoms with Gasteiger partial charge in [0, 0.05) is 11.4 Å². The van der Waals surface area contributed by atoms with Gasteiger partial charge in [0.05, 0.1) is 14.5 Å². The first kappa shape index (κ1) is 16.8. The van der Waals surface area contributed by atoms with Gasteiger partial charge in [-0.3, -0.25) is 4.72 Å². The van der Waals surface area contributed by atoms with Gasteiger partial charge in [-0.1, -0.05) is 30.7 Å². The van der Waals surface area contributed by atoms with Gasteiger partial charge in [-0.25, -0.2) is 8.42 Å². The van der Waals surface area contributed by atoms with Crippen LogP contribution < -0.4 is 10.0 Å². The van der Waals surface area contributed by atoms with E-state index in [-0.39, 0.29) is 4.90 Å². The van der Waals surface area contributed by atoms with Crippen LogP contribution in [-0.2, 0) is 16.6 Å². The molecule has 0 aliphatic rings. The predicted octanol–water partition coefficient (Wildman–Crippen LogP) is 4.07. The lowest BCUT2D eigenvalue weighted by Gasteiger charge is -2.08. The van der Waals surface area contributed by atoms with Gasteiger partial charge >= 0.3 is 0 Å². The molecule has 0 atom stereocenters. The van der Waals surface area contributed by atoms with Gasteiger partial charge in [0.25, 0.3) is 10.0 Å². The van der Waals surface area contributed by atoms with Crippen LogP contribution >= 0.6 is 38.9 Å². The van der Waals surface area contributed by atoms with E-state index in [0.29, 0.717) is 21.0 Å². The maximum Gasteiger partial charge on any atom is 0.263 e. The van der Waals surface area contributed by atoms with Crippen LogP contribution in [0.25, 0.3) is 0 Å². The van der Waals surface area contributed by atoms with Crippen LogP contribution in [0.2, 0.25) is 5.02 Å². The summed E-state index contributed by atoms with van der Waals surface area (Å²) < 4.78 is 28.0. The van der Waals surface area contributed by atoms with Crippen molar-refractivity contribution in [2.75, 3.05) is 11.3 Å². The van der Waals surface area contributed by atoms with E-state index in [9.17, 15) is 8.42 Å². The lowest BCUT2D eigenvalue weighted by molar-refractivity contribution is 0.601. The first-order valence-corrected chi connectivity index (χ1v) is 9.67. The predicted molar refractivity (Wildman–Crippen MR) is 91.7 cm³/mol. The van der Waals surface area contributed by atoms with E-state index in [1.807, 2.05) is 6.92 Å². The average Bonchev–Trinajstić information content (AvgIpc) is 2.81. The molecule has 2 aromatic rings. The van der Waals surface area contributed by atoms with E-state index in [0.717, 1.165) is 11.4 Å². The fraction of sp³-hybridized carbons (Fsp3) is 0.231. The third-order valence-corrected chi connectivity index (χ3v) is 6.61.